The first-order valence-corrected chi connectivity index (χ1v) is 9.36. The van der Waals surface area contributed by atoms with Gasteiger partial charge in [0, 0.05) is 31.4 Å². The van der Waals surface area contributed by atoms with Crippen molar-refractivity contribution in [1.82, 2.24) is 10.2 Å². The number of piperidine rings is 1. The van der Waals surface area contributed by atoms with Gasteiger partial charge >= 0.3 is 6.09 Å². The zero-order valence-electron chi connectivity index (χ0n) is 16.3. The minimum absolute atomic E-state index is 0.0198. The van der Waals surface area contributed by atoms with Gasteiger partial charge in [0.05, 0.1) is 6.54 Å². The van der Waals surface area contributed by atoms with Crippen LogP contribution in [0.25, 0.3) is 0 Å². The lowest BCUT2D eigenvalue weighted by molar-refractivity contribution is -0.120. The first kappa shape index (κ1) is 20.1. The molecule has 0 saturated carbocycles. The molecule has 1 heterocycles. The Bertz CT molecular complexity index is 590. The summed E-state index contributed by atoms with van der Waals surface area (Å²) >= 11 is 0. The van der Waals surface area contributed by atoms with Crippen LogP contribution >= 0.6 is 0 Å². The monoisotopic (exact) mass is 361 g/mol. The number of ether oxygens (including phenoxy) is 1. The lowest BCUT2D eigenvalue weighted by Gasteiger charge is -2.34. The van der Waals surface area contributed by atoms with Gasteiger partial charge in [0.1, 0.15) is 5.60 Å². The molecule has 1 aromatic rings. The Morgan fingerprint density at radius 1 is 1.19 bits per heavy atom. The topological polar surface area (TPSA) is 61.9 Å². The van der Waals surface area contributed by atoms with E-state index in [1.807, 2.05) is 62.9 Å². The fraction of sp³-hybridized carbons (Fsp3) is 0.600. The zero-order chi connectivity index (χ0) is 19.2. The molecule has 6 nitrogen and oxygen atoms in total. The number of benzene rings is 1. The number of hydrogen-bond acceptors (Lipinski definition) is 4. The Labute approximate surface area is 156 Å². The molecule has 1 N–H and O–H groups in total. The van der Waals surface area contributed by atoms with Crippen molar-refractivity contribution in [2.75, 3.05) is 31.1 Å². The first-order chi connectivity index (χ1) is 12.3. The van der Waals surface area contributed by atoms with Crippen molar-refractivity contribution >= 4 is 17.7 Å². The van der Waals surface area contributed by atoms with Gasteiger partial charge in [0.25, 0.3) is 0 Å². The maximum absolute atomic E-state index is 12.4. The summed E-state index contributed by atoms with van der Waals surface area (Å²) in [7, 11) is 0. The number of para-hydroxylation sites is 1. The standard InChI is InChI=1S/C20H31N3O3/c1-5-22(17-9-7-6-8-10-17)15-18(24)21-16-11-13-23(14-12-16)19(25)26-20(2,3)4/h6-10,16H,5,11-15H2,1-4H3,(H,21,24). The summed E-state index contributed by atoms with van der Waals surface area (Å²) in [5.74, 6) is 0.0198. The summed E-state index contributed by atoms with van der Waals surface area (Å²) in [5.41, 5.74) is 0.563. The first-order valence-electron chi connectivity index (χ1n) is 9.36. The third-order valence-corrected chi connectivity index (χ3v) is 4.35. The van der Waals surface area contributed by atoms with Gasteiger partial charge < -0.3 is 19.9 Å². The average Bonchev–Trinajstić information content (AvgIpc) is 2.59. The Kier molecular flexibility index (Phi) is 6.89. The molecule has 1 saturated heterocycles. The number of nitrogens with zero attached hydrogens (tertiary/aromatic N) is 2. The van der Waals surface area contributed by atoms with E-state index < -0.39 is 5.60 Å². The molecule has 1 fully saturated rings. The number of likely N-dealkylation sites (N-methyl/N-ethyl adjacent to an activating group) is 1. The van der Waals surface area contributed by atoms with E-state index in [1.165, 1.54) is 0 Å². The molecule has 0 unspecified atom stereocenters. The van der Waals surface area contributed by atoms with Gasteiger partial charge in [-0.1, -0.05) is 18.2 Å². The van der Waals surface area contributed by atoms with E-state index in [1.54, 1.807) is 4.90 Å². The van der Waals surface area contributed by atoms with Crippen LogP contribution in [-0.4, -0.2) is 54.7 Å². The minimum Gasteiger partial charge on any atom is -0.444 e. The molecule has 144 valence electrons. The van der Waals surface area contributed by atoms with Gasteiger partial charge in [-0.15, -0.1) is 0 Å². The summed E-state index contributed by atoms with van der Waals surface area (Å²) in [4.78, 5) is 28.3. The molecule has 0 spiro atoms. The van der Waals surface area contributed by atoms with Crippen molar-refractivity contribution in [3.63, 3.8) is 0 Å². The van der Waals surface area contributed by atoms with Gasteiger partial charge in [-0.25, -0.2) is 4.79 Å². The Morgan fingerprint density at radius 3 is 2.35 bits per heavy atom. The molecule has 0 aliphatic carbocycles. The third kappa shape index (κ3) is 6.24. The Balaban J connectivity index is 1.78. The molecule has 1 aliphatic rings. The van der Waals surface area contributed by atoms with E-state index in [0.717, 1.165) is 25.1 Å². The van der Waals surface area contributed by atoms with Crippen LogP contribution < -0.4 is 10.2 Å². The van der Waals surface area contributed by atoms with Gasteiger partial charge in [0.2, 0.25) is 5.91 Å². The number of carbonyl (C=O) groups excluding carboxylic acids is 2. The van der Waals surface area contributed by atoms with Crippen molar-refractivity contribution in [2.45, 2.75) is 52.2 Å². The lowest BCUT2D eigenvalue weighted by Crippen LogP contribution is -2.49. The molecule has 1 aromatic carbocycles. The number of amides is 2. The molecule has 1 aliphatic heterocycles. The third-order valence-electron chi connectivity index (χ3n) is 4.35. The molecule has 6 heteroatoms. The molecular formula is C20H31N3O3. The number of anilines is 1. The molecule has 2 amide bonds. The van der Waals surface area contributed by atoms with Crippen LogP contribution in [0.4, 0.5) is 10.5 Å². The predicted octanol–water partition coefficient (Wildman–Crippen LogP) is 3.03. The van der Waals surface area contributed by atoms with Crippen molar-refractivity contribution in [3.05, 3.63) is 30.3 Å². The molecule has 0 atom stereocenters. The largest absolute Gasteiger partial charge is 0.444 e. The minimum atomic E-state index is -0.483. The van der Waals surface area contributed by atoms with Crippen LogP contribution in [0.1, 0.15) is 40.5 Å². The lowest BCUT2D eigenvalue weighted by atomic mass is 10.1. The number of carbonyl (C=O) groups is 2. The predicted molar refractivity (Wildman–Crippen MR) is 103 cm³/mol. The molecule has 26 heavy (non-hydrogen) atoms. The van der Waals surface area contributed by atoms with E-state index in [9.17, 15) is 9.59 Å². The highest BCUT2D eigenvalue weighted by atomic mass is 16.6. The maximum atomic E-state index is 12.4. The molecule has 0 bridgehead atoms. The highest BCUT2D eigenvalue weighted by Gasteiger charge is 2.27. The second-order valence-electron chi connectivity index (χ2n) is 7.66. The van der Waals surface area contributed by atoms with Crippen LogP contribution in [-0.2, 0) is 9.53 Å². The molecular weight excluding hydrogens is 330 g/mol. The second kappa shape index (κ2) is 8.92. The molecule has 0 aromatic heterocycles. The highest BCUT2D eigenvalue weighted by Crippen LogP contribution is 2.16. The number of likely N-dealkylation sites (tertiary alicyclic amines) is 1. The van der Waals surface area contributed by atoms with Crippen LogP contribution in [0.2, 0.25) is 0 Å². The normalized spacial score (nSPS) is 15.5. The van der Waals surface area contributed by atoms with Crippen LogP contribution in [0.15, 0.2) is 30.3 Å². The van der Waals surface area contributed by atoms with Crippen LogP contribution in [0, 0.1) is 0 Å². The smallest absolute Gasteiger partial charge is 0.410 e. The van der Waals surface area contributed by atoms with E-state index in [-0.39, 0.29) is 18.0 Å². The average molecular weight is 361 g/mol. The van der Waals surface area contributed by atoms with Crippen molar-refractivity contribution in [3.8, 4) is 0 Å². The van der Waals surface area contributed by atoms with E-state index in [4.69, 9.17) is 4.74 Å². The van der Waals surface area contributed by atoms with Gasteiger partial charge in [0.15, 0.2) is 0 Å². The van der Waals surface area contributed by atoms with Gasteiger partial charge in [-0.3, -0.25) is 4.79 Å². The second-order valence-corrected chi connectivity index (χ2v) is 7.66. The van der Waals surface area contributed by atoms with E-state index >= 15 is 0 Å². The van der Waals surface area contributed by atoms with Crippen molar-refractivity contribution < 1.29 is 14.3 Å². The Hall–Kier alpha value is -2.24. The van der Waals surface area contributed by atoms with E-state index in [0.29, 0.717) is 19.6 Å². The SMILES string of the molecule is CCN(CC(=O)NC1CCN(C(=O)OC(C)(C)C)CC1)c1ccccc1. The summed E-state index contributed by atoms with van der Waals surface area (Å²) in [5, 5.41) is 3.10. The fourth-order valence-corrected chi connectivity index (χ4v) is 3.00. The fourth-order valence-electron chi connectivity index (χ4n) is 3.00. The Morgan fingerprint density at radius 2 is 1.81 bits per heavy atom. The summed E-state index contributed by atoms with van der Waals surface area (Å²) < 4.78 is 5.40. The summed E-state index contributed by atoms with van der Waals surface area (Å²) in [6.45, 7) is 9.96. The van der Waals surface area contributed by atoms with Gasteiger partial charge in [-0.2, -0.15) is 0 Å². The zero-order valence-corrected chi connectivity index (χ0v) is 16.3. The number of nitrogens with one attached hydrogen (secondary N) is 1. The quantitative estimate of drug-likeness (QED) is 0.876. The van der Waals surface area contributed by atoms with Crippen molar-refractivity contribution in [1.29, 1.82) is 0 Å². The van der Waals surface area contributed by atoms with Crippen LogP contribution in [0.3, 0.4) is 0 Å². The summed E-state index contributed by atoms with van der Waals surface area (Å²) in [6, 6.07) is 10.0. The highest BCUT2D eigenvalue weighted by molar-refractivity contribution is 5.81. The van der Waals surface area contributed by atoms with Crippen molar-refractivity contribution in [2.24, 2.45) is 0 Å². The van der Waals surface area contributed by atoms with E-state index in [2.05, 4.69) is 5.32 Å². The maximum Gasteiger partial charge on any atom is 0.410 e. The van der Waals surface area contributed by atoms with Gasteiger partial charge in [-0.05, 0) is 52.7 Å². The molecule has 0 radical (unpaired) electrons. The molecule has 2 rings (SSSR count). The number of rotatable bonds is 5. The number of hydrogen-bond donors (Lipinski definition) is 1. The summed E-state index contributed by atoms with van der Waals surface area (Å²) in [6.07, 6.45) is 1.23. The van der Waals surface area contributed by atoms with Crippen LogP contribution in [0.5, 0.6) is 0 Å².